The van der Waals surface area contributed by atoms with Gasteiger partial charge in [-0.2, -0.15) is 0 Å². The summed E-state index contributed by atoms with van der Waals surface area (Å²) in [5.74, 6) is -3.31. The second kappa shape index (κ2) is 8.89. The molecule has 1 aromatic rings. The molecule has 1 aliphatic heterocycles. The summed E-state index contributed by atoms with van der Waals surface area (Å²) in [7, 11) is 0. The zero-order valence-electron chi connectivity index (χ0n) is 14.8. The van der Waals surface area contributed by atoms with Crippen LogP contribution in [0, 0.1) is 0 Å². The fourth-order valence-electron chi connectivity index (χ4n) is 2.79. The van der Waals surface area contributed by atoms with Crippen LogP contribution in [-0.2, 0) is 9.53 Å². The standard InChI is InChI=1S/C18H21ClO9/c1-7-3-2-4-8(20)16(25)11(23)6-12(24)17(26)14-13(18(27)28-7)9(21)5-10(22)15(14)19/h2,4-5,7,11-12,16-17,21-26H,3,6H2,1H3/b4-2-/t7-,11-,12-,16+,17+/m0/s1. The minimum Gasteiger partial charge on any atom is -0.507 e. The second-order valence-corrected chi connectivity index (χ2v) is 6.91. The SMILES string of the molecule is C[C@H]1C/C=C\C(=O)[C@@H](O)[C@@H](O)C[C@H](O)[C@@H](O)c2c(Cl)c(O)cc(O)c2C(=O)O1. The van der Waals surface area contributed by atoms with E-state index in [4.69, 9.17) is 16.3 Å². The van der Waals surface area contributed by atoms with E-state index in [-0.39, 0.29) is 6.42 Å². The number of ketones is 1. The number of benzene rings is 1. The molecule has 0 unspecified atom stereocenters. The number of cyclic esters (lactones) is 1. The lowest BCUT2D eigenvalue weighted by Gasteiger charge is -2.26. The predicted molar refractivity (Wildman–Crippen MR) is 96.0 cm³/mol. The van der Waals surface area contributed by atoms with Gasteiger partial charge in [-0.05, 0) is 13.0 Å². The fraction of sp³-hybridized carbons (Fsp3) is 0.444. The number of aromatic hydroxyl groups is 2. The lowest BCUT2D eigenvalue weighted by Crippen LogP contribution is -2.37. The van der Waals surface area contributed by atoms with Gasteiger partial charge in [-0.1, -0.05) is 17.7 Å². The summed E-state index contributed by atoms with van der Waals surface area (Å²) in [6, 6.07) is 0.784. The van der Waals surface area contributed by atoms with E-state index >= 15 is 0 Å². The van der Waals surface area contributed by atoms with Crippen LogP contribution in [0.4, 0.5) is 0 Å². The Morgan fingerprint density at radius 1 is 1.04 bits per heavy atom. The monoisotopic (exact) mass is 416 g/mol. The molecule has 0 aliphatic carbocycles. The van der Waals surface area contributed by atoms with Gasteiger partial charge < -0.3 is 35.4 Å². The van der Waals surface area contributed by atoms with E-state index in [1.54, 1.807) is 0 Å². The van der Waals surface area contributed by atoms with Crippen LogP contribution in [0.3, 0.4) is 0 Å². The first-order chi connectivity index (χ1) is 13.0. The van der Waals surface area contributed by atoms with Crippen LogP contribution < -0.4 is 0 Å². The van der Waals surface area contributed by atoms with E-state index < -0.39 is 76.3 Å². The summed E-state index contributed by atoms with van der Waals surface area (Å²) >= 11 is 5.97. The van der Waals surface area contributed by atoms with Crippen molar-refractivity contribution in [1.82, 2.24) is 0 Å². The molecule has 0 fully saturated rings. The molecular formula is C18H21ClO9. The van der Waals surface area contributed by atoms with Crippen molar-refractivity contribution in [1.29, 1.82) is 0 Å². The molecule has 0 amide bonds. The van der Waals surface area contributed by atoms with Crippen molar-refractivity contribution in [2.75, 3.05) is 0 Å². The molecule has 0 spiro atoms. The van der Waals surface area contributed by atoms with Gasteiger partial charge in [-0.25, -0.2) is 4.79 Å². The van der Waals surface area contributed by atoms with Crippen molar-refractivity contribution in [2.45, 2.75) is 50.3 Å². The van der Waals surface area contributed by atoms with E-state index in [9.17, 15) is 40.2 Å². The number of hydrogen-bond donors (Lipinski definition) is 6. The molecule has 1 aliphatic rings. The molecule has 2 rings (SSSR count). The van der Waals surface area contributed by atoms with E-state index in [1.807, 2.05) is 0 Å². The second-order valence-electron chi connectivity index (χ2n) is 6.53. The van der Waals surface area contributed by atoms with Crippen molar-refractivity contribution < 1.29 is 45.0 Å². The molecule has 0 aromatic heterocycles. The maximum atomic E-state index is 12.5. The zero-order chi connectivity index (χ0) is 21.2. The van der Waals surface area contributed by atoms with E-state index in [0.717, 1.165) is 12.1 Å². The highest BCUT2D eigenvalue weighted by atomic mass is 35.5. The van der Waals surface area contributed by atoms with Crippen molar-refractivity contribution in [3.8, 4) is 11.5 Å². The Balaban J connectivity index is 2.58. The van der Waals surface area contributed by atoms with Crippen LogP contribution in [0.2, 0.25) is 5.02 Å². The number of aliphatic hydroxyl groups excluding tert-OH is 4. The van der Waals surface area contributed by atoms with Gasteiger partial charge in [-0.3, -0.25) is 4.79 Å². The highest BCUT2D eigenvalue weighted by Crippen LogP contribution is 2.41. The average Bonchev–Trinajstić information content (AvgIpc) is 2.61. The molecule has 1 aromatic carbocycles. The smallest absolute Gasteiger partial charge is 0.342 e. The number of phenolic OH excluding ortho intramolecular Hbond substituents is 2. The molecule has 0 saturated carbocycles. The highest BCUT2D eigenvalue weighted by molar-refractivity contribution is 6.33. The quantitative estimate of drug-likeness (QED) is 0.327. The summed E-state index contributed by atoms with van der Waals surface area (Å²) in [5, 5.41) is 59.9. The Labute approximate surface area is 165 Å². The molecule has 1 heterocycles. The number of aliphatic hydroxyl groups is 4. The number of halogens is 1. The summed E-state index contributed by atoms with van der Waals surface area (Å²) in [4.78, 5) is 24.4. The summed E-state index contributed by atoms with van der Waals surface area (Å²) in [6.07, 6.45) is -6.39. The Hall–Kier alpha value is -2.17. The maximum absolute atomic E-state index is 12.5. The summed E-state index contributed by atoms with van der Waals surface area (Å²) < 4.78 is 5.16. The van der Waals surface area contributed by atoms with Crippen molar-refractivity contribution in [2.24, 2.45) is 0 Å². The highest BCUT2D eigenvalue weighted by Gasteiger charge is 2.35. The number of carbonyl (C=O) groups excluding carboxylic acids is 2. The number of fused-ring (bicyclic) bond motifs is 1. The minimum absolute atomic E-state index is 0.0768. The fourth-order valence-corrected chi connectivity index (χ4v) is 3.06. The van der Waals surface area contributed by atoms with Crippen molar-refractivity contribution in [3.63, 3.8) is 0 Å². The van der Waals surface area contributed by atoms with E-state index in [2.05, 4.69) is 0 Å². The first-order valence-electron chi connectivity index (χ1n) is 8.42. The number of hydrogen-bond acceptors (Lipinski definition) is 9. The third-order valence-corrected chi connectivity index (χ3v) is 4.72. The van der Waals surface area contributed by atoms with Crippen LogP contribution in [-0.4, -0.2) is 66.8 Å². The maximum Gasteiger partial charge on any atom is 0.342 e. The minimum atomic E-state index is -1.96. The van der Waals surface area contributed by atoms with Gasteiger partial charge in [0.15, 0.2) is 5.78 Å². The third kappa shape index (κ3) is 4.62. The molecule has 0 saturated heterocycles. The first kappa shape index (κ1) is 22.1. The van der Waals surface area contributed by atoms with Gasteiger partial charge in [0.05, 0.1) is 17.2 Å². The average molecular weight is 417 g/mol. The Bertz CT molecular complexity index is 792. The van der Waals surface area contributed by atoms with Gasteiger partial charge in [0.2, 0.25) is 0 Å². The molecule has 5 atom stereocenters. The number of ether oxygens (including phenoxy) is 1. The summed E-state index contributed by atoms with van der Waals surface area (Å²) in [6.45, 7) is 1.49. The molecule has 154 valence electrons. The first-order valence-corrected chi connectivity index (χ1v) is 8.80. The molecule has 9 nitrogen and oxygen atoms in total. The Morgan fingerprint density at radius 3 is 2.29 bits per heavy atom. The molecule has 6 N–H and O–H groups in total. The third-order valence-electron chi connectivity index (χ3n) is 4.32. The van der Waals surface area contributed by atoms with Crippen LogP contribution in [0.5, 0.6) is 11.5 Å². The van der Waals surface area contributed by atoms with Gasteiger partial charge in [0.1, 0.15) is 35.4 Å². The molecule has 0 radical (unpaired) electrons. The number of esters is 1. The molecular weight excluding hydrogens is 396 g/mol. The van der Waals surface area contributed by atoms with Gasteiger partial charge >= 0.3 is 5.97 Å². The summed E-state index contributed by atoms with van der Waals surface area (Å²) in [5.41, 5.74) is -1.07. The molecule has 0 bridgehead atoms. The van der Waals surface area contributed by atoms with E-state index in [0.29, 0.717) is 0 Å². The van der Waals surface area contributed by atoms with Gasteiger partial charge in [0.25, 0.3) is 0 Å². The normalized spacial score (nSPS) is 30.9. The van der Waals surface area contributed by atoms with Gasteiger partial charge in [-0.15, -0.1) is 0 Å². The van der Waals surface area contributed by atoms with E-state index in [1.165, 1.54) is 13.0 Å². The van der Waals surface area contributed by atoms with Crippen molar-refractivity contribution >= 4 is 23.4 Å². The lowest BCUT2D eigenvalue weighted by atomic mass is 9.92. The van der Waals surface area contributed by atoms with Crippen molar-refractivity contribution in [3.05, 3.63) is 34.4 Å². The number of phenols is 2. The van der Waals surface area contributed by atoms with Crippen LogP contribution in [0.1, 0.15) is 41.8 Å². The van der Waals surface area contributed by atoms with Crippen LogP contribution in [0.15, 0.2) is 18.2 Å². The largest absolute Gasteiger partial charge is 0.507 e. The molecule has 10 heteroatoms. The van der Waals surface area contributed by atoms with Gasteiger partial charge in [0, 0.05) is 24.5 Å². The molecule has 28 heavy (non-hydrogen) atoms. The zero-order valence-corrected chi connectivity index (χ0v) is 15.6. The van der Waals surface area contributed by atoms with Crippen LogP contribution in [0.25, 0.3) is 0 Å². The Kier molecular flexibility index (Phi) is 7.02. The topological polar surface area (TPSA) is 165 Å². The Morgan fingerprint density at radius 2 is 1.64 bits per heavy atom. The lowest BCUT2D eigenvalue weighted by molar-refractivity contribution is -0.130. The predicted octanol–water partition coefficient (Wildman–Crippen LogP) is 0.332. The number of carbonyl (C=O) groups is 2. The number of rotatable bonds is 0. The van der Waals surface area contributed by atoms with Crippen LogP contribution >= 0.6 is 11.6 Å².